The zero-order valence-corrected chi connectivity index (χ0v) is 9.53. The van der Waals surface area contributed by atoms with Crippen molar-refractivity contribution < 1.29 is 9.53 Å². The topological polar surface area (TPSA) is 38.3 Å². The van der Waals surface area contributed by atoms with Gasteiger partial charge in [-0.2, -0.15) is 0 Å². The molecule has 1 aromatic carbocycles. The lowest BCUT2D eigenvalue weighted by atomic mass is 9.94. The number of carbonyl (C=O) groups is 1. The van der Waals surface area contributed by atoms with E-state index in [0.717, 1.165) is 24.3 Å². The molecule has 0 bridgehead atoms. The second-order valence-electron chi connectivity index (χ2n) is 4.16. The van der Waals surface area contributed by atoms with Crippen LogP contribution in [0.3, 0.4) is 0 Å². The van der Waals surface area contributed by atoms with Crippen LogP contribution in [0.2, 0.25) is 0 Å². The molecule has 1 N–H and O–H groups in total. The van der Waals surface area contributed by atoms with Crippen LogP contribution in [-0.2, 0) is 4.79 Å². The van der Waals surface area contributed by atoms with Gasteiger partial charge in [0.15, 0.2) is 0 Å². The molecule has 0 saturated heterocycles. The molecule has 3 heteroatoms. The number of Topliss-reactive ketones (excluding diaryl/α,β-unsaturated/α-hetero) is 1. The molecule has 1 fully saturated rings. The molecule has 0 atom stereocenters. The number of para-hydroxylation sites is 2. The van der Waals surface area contributed by atoms with Crippen LogP contribution in [0.1, 0.15) is 25.7 Å². The van der Waals surface area contributed by atoms with Crippen LogP contribution < -0.4 is 10.1 Å². The van der Waals surface area contributed by atoms with Crippen LogP contribution >= 0.6 is 0 Å². The molecule has 1 aliphatic rings. The van der Waals surface area contributed by atoms with E-state index in [1.54, 1.807) is 7.11 Å². The number of hydrogen-bond acceptors (Lipinski definition) is 3. The minimum Gasteiger partial charge on any atom is -0.495 e. The monoisotopic (exact) mass is 219 g/mol. The Bertz CT molecular complexity index is 366. The summed E-state index contributed by atoms with van der Waals surface area (Å²) in [6.07, 6.45) is 3.26. The van der Waals surface area contributed by atoms with E-state index in [9.17, 15) is 4.79 Å². The number of ether oxygens (including phenoxy) is 1. The lowest BCUT2D eigenvalue weighted by Crippen LogP contribution is -2.26. The molecule has 16 heavy (non-hydrogen) atoms. The Morgan fingerprint density at radius 2 is 1.94 bits per heavy atom. The van der Waals surface area contributed by atoms with Crippen molar-refractivity contribution in [1.82, 2.24) is 0 Å². The molecule has 1 saturated carbocycles. The second kappa shape index (κ2) is 5.01. The predicted octanol–water partition coefficient (Wildman–Crippen LogP) is 2.62. The standard InChI is InChI=1S/C13H17NO2/c1-16-13-5-3-2-4-12(13)14-10-6-8-11(15)9-7-10/h2-5,10,14H,6-9H2,1H3. The summed E-state index contributed by atoms with van der Waals surface area (Å²) >= 11 is 0. The lowest BCUT2D eigenvalue weighted by Gasteiger charge is -2.24. The molecular formula is C13H17NO2. The predicted molar refractivity (Wildman–Crippen MR) is 63.9 cm³/mol. The Morgan fingerprint density at radius 3 is 2.62 bits per heavy atom. The fourth-order valence-electron chi connectivity index (χ4n) is 2.07. The molecule has 1 aliphatic carbocycles. The van der Waals surface area contributed by atoms with Gasteiger partial charge in [-0.25, -0.2) is 0 Å². The van der Waals surface area contributed by atoms with Gasteiger partial charge in [-0.3, -0.25) is 4.79 Å². The lowest BCUT2D eigenvalue weighted by molar-refractivity contribution is -0.120. The number of carbonyl (C=O) groups excluding carboxylic acids is 1. The maximum Gasteiger partial charge on any atom is 0.141 e. The maximum atomic E-state index is 11.1. The Morgan fingerprint density at radius 1 is 1.25 bits per heavy atom. The van der Waals surface area contributed by atoms with Crippen LogP contribution in [0.25, 0.3) is 0 Å². The normalized spacial score (nSPS) is 17.2. The van der Waals surface area contributed by atoms with E-state index in [4.69, 9.17) is 4.74 Å². The Balaban J connectivity index is 2.00. The molecule has 0 amide bonds. The summed E-state index contributed by atoms with van der Waals surface area (Å²) in [6, 6.07) is 8.28. The number of anilines is 1. The largest absolute Gasteiger partial charge is 0.495 e. The quantitative estimate of drug-likeness (QED) is 0.849. The van der Waals surface area contributed by atoms with Gasteiger partial charge >= 0.3 is 0 Å². The summed E-state index contributed by atoms with van der Waals surface area (Å²) in [4.78, 5) is 11.1. The maximum absolute atomic E-state index is 11.1. The molecule has 3 nitrogen and oxygen atoms in total. The van der Waals surface area contributed by atoms with Crippen LogP contribution in [0.5, 0.6) is 5.75 Å². The summed E-state index contributed by atoms with van der Waals surface area (Å²) in [5.41, 5.74) is 1.02. The van der Waals surface area contributed by atoms with E-state index < -0.39 is 0 Å². The van der Waals surface area contributed by atoms with Gasteiger partial charge in [0.25, 0.3) is 0 Å². The van der Waals surface area contributed by atoms with E-state index in [2.05, 4.69) is 5.32 Å². The number of rotatable bonds is 3. The third-order valence-electron chi connectivity index (χ3n) is 3.01. The van der Waals surface area contributed by atoms with Crippen molar-refractivity contribution in [2.75, 3.05) is 12.4 Å². The molecule has 0 aliphatic heterocycles. The highest BCUT2D eigenvalue weighted by atomic mass is 16.5. The van der Waals surface area contributed by atoms with Crippen molar-refractivity contribution in [1.29, 1.82) is 0 Å². The van der Waals surface area contributed by atoms with Crippen LogP contribution in [0.15, 0.2) is 24.3 Å². The molecule has 0 radical (unpaired) electrons. The highest BCUT2D eigenvalue weighted by molar-refractivity contribution is 5.79. The summed E-state index contributed by atoms with van der Waals surface area (Å²) in [5.74, 6) is 1.25. The van der Waals surface area contributed by atoms with E-state index in [1.807, 2.05) is 24.3 Å². The van der Waals surface area contributed by atoms with Crippen molar-refractivity contribution in [3.8, 4) is 5.75 Å². The van der Waals surface area contributed by atoms with Crippen molar-refractivity contribution in [2.45, 2.75) is 31.7 Å². The smallest absolute Gasteiger partial charge is 0.141 e. The summed E-state index contributed by atoms with van der Waals surface area (Å²) < 4.78 is 5.28. The van der Waals surface area contributed by atoms with Gasteiger partial charge in [0.2, 0.25) is 0 Å². The summed E-state index contributed by atoms with van der Waals surface area (Å²) in [6.45, 7) is 0. The van der Waals surface area contributed by atoms with Crippen LogP contribution in [0, 0.1) is 0 Å². The Hall–Kier alpha value is -1.51. The molecular weight excluding hydrogens is 202 g/mol. The molecule has 0 heterocycles. The number of benzene rings is 1. The average Bonchev–Trinajstić information content (AvgIpc) is 2.33. The third-order valence-corrected chi connectivity index (χ3v) is 3.01. The SMILES string of the molecule is COc1ccccc1NC1CCC(=O)CC1. The number of ketones is 1. The fraction of sp³-hybridized carbons (Fsp3) is 0.462. The highest BCUT2D eigenvalue weighted by Gasteiger charge is 2.19. The first-order valence-electron chi connectivity index (χ1n) is 5.71. The van der Waals surface area contributed by atoms with Crippen LogP contribution in [-0.4, -0.2) is 18.9 Å². The van der Waals surface area contributed by atoms with Gasteiger partial charge < -0.3 is 10.1 Å². The Labute approximate surface area is 95.8 Å². The van der Waals surface area contributed by atoms with Crippen molar-refractivity contribution in [2.24, 2.45) is 0 Å². The zero-order valence-electron chi connectivity index (χ0n) is 9.53. The molecule has 0 unspecified atom stereocenters. The van der Waals surface area contributed by atoms with Crippen molar-refractivity contribution in [3.63, 3.8) is 0 Å². The van der Waals surface area contributed by atoms with Crippen molar-refractivity contribution >= 4 is 11.5 Å². The summed E-state index contributed by atoms with van der Waals surface area (Å²) in [5, 5.41) is 3.44. The van der Waals surface area contributed by atoms with Crippen molar-refractivity contribution in [3.05, 3.63) is 24.3 Å². The van der Waals surface area contributed by atoms with Gasteiger partial charge in [0, 0.05) is 18.9 Å². The molecule has 0 aromatic heterocycles. The average molecular weight is 219 g/mol. The molecule has 0 spiro atoms. The molecule has 2 rings (SSSR count). The first-order valence-corrected chi connectivity index (χ1v) is 5.71. The molecule has 86 valence electrons. The minimum absolute atomic E-state index is 0.387. The van der Waals surface area contributed by atoms with E-state index >= 15 is 0 Å². The Kier molecular flexibility index (Phi) is 3.44. The van der Waals surface area contributed by atoms with Gasteiger partial charge in [-0.1, -0.05) is 12.1 Å². The van der Waals surface area contributed by atoms with E-state index in [1.165, 1.54) is 0 Å². The van der Waals surface area contributed by atoms with Crippen LogP contribution in [0.4, 0.5) is 5.69 Å². The molecule has 1 aromatic rings. The van der Waals surface area contributed by atoms with E-state index in [0.29, 0.717) is 24.7 Å². The second-order valence-corrected chi connectivity index (χ2v) is 4.16. The number of nitrogens with one attached hydrogen (secondary N) is 1. The first-order chi connectivity index (χ1) is 7.79. The highest BCUT2D eigenvalue weighted by Crippen LogP contribution is 2.27. The fourth-order valence-corrected chi connectivity index (χ4v) is 2.07. The van der Waals surface area contributed by atoms with Gasteiger partial charge in [0.1, 0.15) is 11.5 Å². The van der Waals surface area contributed by atoms with Gasteiger partial charge in [-0.15, -0.1) is 0 Å². The summed E-state index contributed by atoms with van der Waals surface area (Å²) in [7, 11) is 1.67. The van der Waals surface area contributed by atoms with Gasteiger partial charge in [0.05, 0.1) is 12.8 Å². The minimum atomic E-state index is 0.387. The van der Waals surface area contributed by atoms with E-state index in [-0.39, 0.29) is 0 Å². The zero-order chi connectivity index (χ0) is 11.4. The number of methoxy groups -OCH3 is 1. The third kappa shape index (κ3) is 2.54. The number of hydrogen-bond donors (Lipinski definition) is 1. The van der Waals surface area contributed by atoms with Gasteiger partial charge in [-0.05, 0) is 25.0 Å². The first kappa shape index (κ1) is 11.0.